The molecule has 2 N–H and O–H groups in total. The van der Waals surface area contributed by atoms with E-state index in [-0.39, 0.29) is 0 Å². The van der Waals surface area contributed by atoms with Gasteiger partial charge in [-0.05, 0) is 50.6 Å². The van der Waals surface area contributed by atoms with Crippen molar-refractivity contribution in [3.8, 4) is 0 Å². The highest BCUT2D eigenvalue weighted by molar-refractivity contribution is 4.94. The second-order valence-corrected chi connectivity index (χ2v) is 4.76. The lowest BCUT2D eigenvalue weighted by Crippen LogP contribution is -2.42. The highest BCUT2D eigenvalue weighted by atomic mass is 15.0. The van der Waals surface area contributed by atoms with Crippen LogP contribution in [0.1, 0.15) is 39.0 Å². The second kappa shape index (κ2) is 3.97. The Hall–Kier alpha value is -0.0800. The molecule has 13 heavy (non-hydrogen) atoms. The zero-order chi connectivity index (χ0) is 9.15. The van der Waals surface area contributed by atoms with E-state index < -0.39 is 0 Å². The summed E-state index contributed by atoms with van der Waals surface area (Å²) in [7, 11) is 0. The molecule has 2 rings (SSSR count). The molecular weight excluding hydrogens is 160 g/mol. The molecule has 0 bridgehead atoms. The maximum atomic E-state index is 3.74. The molecular formula is C11H22N2. The van der Waals surface area contributed by atoms with Gasteiger partial charge in [-0.2, -0.15) is 0 Å². The van der Waals surface area contributed by atoms with E-state index in [1.165, 1.54) is 51.7 Å². The molecule has 0 spiro atoms. The van der Waals surface area contributed by atoms with Gasteiger partial charge < -0.3 is 10.6 Å². The van der Waals surface area contributed by atoms with E-state index >= 15 is 0 Å². The topological polar surface area (TPSA) is 24.1 Å². The van der Waals surface area contributed by atoms with Crippen molar-refractivity contribution in [1.82, 2.24) is 10.6 Å². The molecule has 2 fully saturated rings. The third-order valence-corrected chi connectivity index (χ3v) is 3.81. The Bertz CT molecular complexity index is 157. The average Bonchev–Trinajstić information content (AvgIpc) is 2.97. The fourth-order valence-electron chi connectivity index (χ4n) is 2.22. The predicted molar refractivity (Wildman–Crippen MR) is 55.9 cm³/mol. The lowest BCUT2D eigenvalue weighted by atomic mass is 10.0. The molecule has 2 nitrogen and oxygen atoms in total. The van der Waals surface area contributed by atoms with Crippen LogP contribution in [-0.4, -0.2) is 25.7 Å². The second-order valence-electron chi connectivity index (χ2n) is 4.76. The van der Waals surface area contributed by atoms with Crippen molar-refractivity contribution in [3.05, 3.63) is 0 Å². The number of hydrogen-bond acceptors (Lipinski definition) is 2. The van der Waals surface area contributed by atoms with Gasteiger partial charge in [-0.1, -0.05) is 6.92 Å². The fraction of sp³-hybridized carbons (Fsp3) is 1.00. The number of nitrogens with one attached hydrogen (secondary N) is 2. The Morgan fingerprint density at radius 1 is 1.31 bits per heavy atom. The highest BCUT2D eigenvalue weighted by Crippen LogP contribution is 2.47. The molecule has 1 aliphatic heterocycles. The summed E-state index contributed by atoms with van der Waals surface area (Å²) < 4.78 is 0. The molecule has 1 aliphatic carbocycles. The van der Waals surface area contributed by atoms with Gasteiger partial charge in [0.05, 0.1) is 0 Å². The van der Waals surface area contributed by atoms with E-state index in [1.54, 1.807) is 0 Å². The average molecular weight is 182 g/mol. The zero-order valence-corrected chi connectivity index (χ0v) is 8.73. The van der Waals surface area contributed by atoms with E-state index in [0.717, 1.165) is 6.04 Å². The summed E-state index contributed by atoms with van der Waals surface area (Å²) in [4.78, 5) is 0. The van der Waals surface area contributed by atoms with Crippen LogP contribution >= 0.6 is 0 Å². The molecule has 0 aromatic carbocycles. The minimum Gasteiger partial charge on any atom is -0.317 e. The van der Waals surface area contributed by atoms with Gasteiger partial charge in [0, 0.05) is 12.6 Å². The van der Waals surface area contributed by atoms with Crippen LogP contribution in [0.5, 0.6) is 0 Å². The van der Waals surface area contributed by atoms with Crippen molar-refractivity contribution in [1.29, 1.82) is 0 Å². The quantitative estimate of drug-likeness (QED) is 0.689. The lowest BCUT2D eigenvalue weighted by Gasteiger charge is -2.26. The van der Waals surface area contributed by atoms with Crippen molar-refractivity contribution < 1.29 is 0 Å². The van der Waals surface area contributed by atoms with Crippen LogP contribution in [0.3, 0.4) is 0 Å². The van der Waals surface area contributed by atoms with E-state index in [9.17, 15) is 0 Å². The van der Waals surface area contributed by atoms with Gasteiger partial charge in [0.15, 0.2) is 0 Å². The molecule has 2 heteroatoms. The zero-order valence-electron chi connectivity index (χ0n) is 8.73. The van der Waals surface area contributed by atoms with E-state index in [0.29, 0.717) is 5.41 Å². The van der Waals surface area contributed by atoms with E-state index in [1.807, 2.05) is 0 Å². The Balaban J connectivity index is 1.66. The molecule has 1 saturated carbocycles. The van der Waals surface area contributed by atoms with Crippen LogP contribution in [0, 0.1) is 5.41 Å². The van der Waals surface area contributed by atoms with Crippen LogP contribution < -0.4 is 10.6 Å². The molecule has 0 aromatic rings. The molecule has 76 valence electrons. The van der Waals surface area contributed by atoms with Crippen molar-refractivity contribution >= 4 is 0 Å². The smallest absolute Gasteiger partial charge is 0.00914 e. The Labute approximate surface area is 81.5 Å². The molecule has 1 saturated heterocycles. The first-order valence-electron chi connectivity index (χ1n) is 5.79. The van der Waals surface area contributed by atoms with Crippen molar-refractivity contribution in [2.45, 2.75) is 45.1 Å². The van der Waals surface area contributed by atoms with Crippen LogP contribution in [-0.2, 0) is 0 Å². The van der Waals surface area contributed by atoms with Crippen LogP contribution in [0.15, 0.2) is 0 Å². The minimum atomic E-state index is 0.713. The summed E-state index contributed by atoms with van der Waals surface area (Å²) in [6, 6.07) is 0.797. The van der Waals surface area contributed by atoms with Gasteiger partial charge in [0.25, 0.3) is 0 Å². The Morgan fingerprint density at radius 3 is 2.54 bits per heavy atom. The van der Waals surface area contributed by atoms with Gasteiger partial charge in [0.1, 0.15) is 0 Å². The van der Waals surface area contributed by atoms with Crippen molar-refractivity contribution in [2.75, 3.05) is 19.6 Å². The molecule has 0 amide bonds. The third kappa shape index (κ3) is 2.44. The first-order chi connectivity index (χ1) is 6.35. The normalized spacial score (nSPS) is 27.5. The summed E-state index contributed by atoms with van der Waals surface area (Å²) in [5.41, 5.74) is 0.713. The maximum Gasteiger partial charge on any atom is 0.00914 e. The predicted octanol–water partition coefficient (Wildman–Crippen LogP) is 1.52. The summed E-state index contributed by atoms with van der Waals surface area (Å²) in [6.07, 6.45) is 6.92. The first kappa shape index (κ1) is 9.47. The minimum absolute atomic E-state index is 0.713. The SMILES string of the molecule is CCC1(CNC2CCNCC2)CC1. The van der Waals surface area contributed by atoms with Crippen molar-refractivity contribution in [2.24, 2.45) is 5.41 Å². The standard InChI is InChI=1S/C11H22N2/c1-2-11(5-6-11)9-13-10-3-7-12-8-4-10/h10,12-13H,2-9H2,1H3. The van der Waals surface area contributed by atoms with Crippen molar-refractivity contribution in [3.63, 3.8) is 0 Å². The van der Waals surface area contributed by atoms with Gasteiger partial charge in [0.2, 0.25) is 0 Å². The number of rotatable bonds is 4. The summed E-state index contributed by atoms with van der Waals surface area (Å²) >= 11 is 0. The number of piperidine rings is 1. The number of hydrogen-bond donors (Lipinski definition) is 2. The molecule has 0 aromatic heterocycles. The highest BCUT2D eigenvalue weighted by Gasteiger charge is 2.40. The monoisotopic (exact) mass is 182 g/mol. The molecule has 0 unspecified atom stereocenters. The molecule has 2 aliphatic rings. The molecule has 1 heterocycles. The molecule has 0 radical (unpaired) electrons. The Kier molecular flexibility index (Phi) is 2.89. The van der Waals surface area contributed by atoms with Crippen LogP contribution in [0.4, 0.5) is 0 Å². The summed E-state index contributed by atoms with van der Waals surface area (Å²) in [5.74, 6) is 0. The lowest BCUT2D eigenvalue weighted by molar-refractivity contribution is 0.343. The Morgan fingerprint density at radius 2 is 2.00 bits per heavy atom. The van der Waals surface area contributed by atoms with E-state index in [4.69, 9.17) is 0 Å². The first-order valence-corrected chi connectivity index (χ1v) is 5.79. The fourth-order valence-corrected chi connectivity index (χ4v) is 2.22. The summed E-state index contributed by atoms with van der Waals surface area (Å²) in [5, 5.41) is 7.14. The van der Waals surface area contributed by atoms with Crippen LogP contribution in [0.25, 0.3) is 0 Å². The largest absolute Gasteiger partial charge is 0.317 e. The van der Waals surface area contributed by atoms with Gasteiger partial charge >= 0.3 is 0 Å². The van der Waals surface area contributed by atoms with E-state index in [2.05, 4.69) is 17.6 Å². The van der Waals surface area contributed by atoms with Gasteiger partial charge in [-0.3, -0.25) is 0 Å². The van der Waals surface area contributed by atoms with Gasteiger partial charge in [-0.25, -0.2) is 0 Å². The summed E-state index contributed by atoms with van der Waals surface area (Å²) in [6.45, 7) is 6.01. The van der Waals surface area contributed by atoms with Gasteiger partial charge in [-0.15, -0.1) is 0 Å². The third-order valence-electron chi connectivity index (χ3n) is 3.81. The van der Waals surface area contributed by atoms with Crippen LogP contribution in [0.2, 0.25) is 0 Å². The maximum absolute atomic E-state index is 3.74. The molecule has 0 atom stereocenters.